The van der Waals surface area contributed by atoms with Crippen molar-refractivity contribution < 1.29 is 0 Å². The van der Waals surface area contributed by atoms with E-state index >= 15 is 0 Å². The van der Waals surface area contributed by atoms with Crippen LogP contribution >= 0.6 is 0 Å². The van der Waals surface area contributed by atoms with Crippen LogP contribution in [0.5, 0.6) is 0 Å². The Balaban J connectivity index is 1.56. The van der Waals surface area contributed by atoms with Gasteiger partial charge in [0, 0.05) is 59.8 Å². The molecule has 2 aromatic carbocycles. The lowest BCUT2D eigenvalue weighted by Crippen LogP contribution is -2.21. The van der Waals surface area contributed by atoms with Crippen molar-refractivity contribution >= 4 is 21.8 Å². The summed E-state index contributed by atoms with van der Waals surface area (Å²) in [6, 6.07) is 21.7. The van der Waals surface area contributed by atoms with Crippen LogP contribution in [0.3, 0.4) is 0 Å². The van der Waals surface area contributed by atoms with Crippen LogP contribution in [-0.2, 0) is 19.5 Å². The van der Waals surface area contributed by atoms with Gasteiger partial charge in [0.15, 0.2) is 0 Å². The second kappa shape index (κ2) is 7.30. The summed E-state index contributed by atoms with van der Waals surface area (Å²) in [4.78, 5) is 6.79. The number of nitrogens with zero attached hydrogens (tertiary/aromatic N) is 3. The van der Waals surface area contributed by atoms with Crippen molar-refractivity contribution in [2.24, 2.45) is 0 Å². The van der Waals surface area contributed by atoms with E-state index in [0.29, 0.717) is 0 Å². The molecule has 4 aromatic rings. The van der Waals surface area contributed by atoms with Crippen LogP contribution in [0.15, 0.2) is 66.9 Å². The zero-order valence-electron chi connectivity index (χ0n) is 15.5. The van der Waals surface area contributed by atoms with Gasteiger partial charge in [-0.1, -0.05) is 30.3 Å². The van der Waals surface area contributed by atoms with Gasteiger partial charge in [0.2, 0.25) is 0 Å². The van der Waals surface area contributed by atoms with Crippen molar-refractivity contribution in [2.75, 3.05) is 13.6 Å². The molecule has 0 fully saturated rings. The Morgan fingerprint density at radius 2 is 1.73 bits per heavy atom. The van der Waals surface area contributed by atoms with Gasteiger partial charge in [-0.2, -0.15) is 0 Å². The topological polar surface area (TPSA) is 21.1 Å². The van der Waals surface area contributed by atoms with Crippen LogP contribution in [-0.4, -0.2) is 28.0 Å². The summed E-state index contributed by atoms with van der Waals surface area (Å²) >= 11 is 0. The Morgan fingerprint density at radius 3 is 2.54 bits per heavy atom. The van der Waals surface area contributed by atoms with Gasteiger partial charge in [0.25, 0.3) is 0 Å². The van der Waals surface area contributed by atoms with Crippen molar-refractivity contribution in [1.29, 1.82) is 0 Å². The van der Waals surface area contributed by atoms with Gasteiger partial charge in [-0.25, -0.2) is 0 Å². The van der Waals surface area contributed by atoms with Crippen molar-refractivity contribution in [3.8, 4) is 0 Å². The number of rotatable bonds is 6. The highest BCUT2D eigenvalue weighted by molar-refractivity contribution is 6.08. The molecular formula is C23H25N3. The van der Waals surface area contributed by atoms with Gasteiger partial charge in [-0.15, -0.1) is 0 Å². The Kier molecular flexibility index (Phi) is 4.72. The lowest BCUT2D eigenvalue weighted by molar-refractivity contribution is 0.330. The largest absolute Gasteiger partial charge is 0.341 e. The lowest BCUT2D eigenvalue weighted by atomic mass is 10.1. The molecule has 0 amide bonds. The molecule has 132 valence electrons. The molecule has 0 saturated heterocycles. The monoisotopic (exact) mass is 343 g/mol. The predicted octanol–water partition coefficient (Wildman–Crippen LogP) is 4.88. The predicted molar refractivity (Wildman–Crippen MR) is 109 cm³/mol. The Hall–Kier alpha value is -2.65. The molecule has 0 atom stereocenters. The number of pyridine rings is 1. The third-order valence-electron chi connectivity index (χ3n) is 5.08. The van der Waals surface area contributed by atoms with Crippen molar-refractivity contribution in [3.63, 3.8) is 0 Å². The average Bonchev–Trinajstić information content (AvgIpc) is 3.00. The fourth-order valence-corrected chi connectivity index (χ4v) is 3.78. The zero-order chi connectivity index (χ0) is 17.9. The standard InChI is InChI=1S/C23H25N3/c1-3-26-22-10-5-4-9-20(22)21-16-18(11-12-23(21)26)17-25(2)15-13-19-8-6-7-14-24-19/h4-12,14,16H,3,13,15,17H2,1-2H3. The number of hydrogen-bond acceptors (Lipinski definition) is 2. The van der Waals surface area contributed by atoms with E-state index in [9.17, 15) is 0 Å². The molecule has 0 aliphatic rings. The van der Waals surface area contributed by atoms with Gasteiger partial charge >= 0.3 is 0 Å². The third-order valence-corrected chi connectivity index (χ3v) is 5.08. The number of fused-ring (bicyclic) bond motifs is 3. The van der Waals surface area contributed by atoms with E-state index in [1.54, 1.807) is 0 Å². The molecule has 0 bridgehead atoms. The summed E-state index contributed by atoms with van der Waals surface area (Å²) < 4.78 is 2.40. The molecule has 4 rings (SSSR count). The molecule has 0 spiro atoms. The maximum absolute atomic E-state index is 4.42. The maximum Gasteiger partial charge on any atom is 0.0491 e. The number of hydrogen-bond donors (Lipinski definition) is 0. The lowest BCUT2D eigenvalue weighted by Gasteiger charge is -2.16. The first-order valence-electron chi connectivity index (χ1n) is 9.34. The molecule has 2 aromatic heterocycles. The summed E-state index contributed by atoms with van der Waals surface area (Å²) in [5.74, 6) is 0. The molecule has 3 heteroatoms. The van der Waals surface area contributed by atoms with Crippen LogP contribution in [0.2, 0.25) is 0 Å². The van der Waals surface area contributed by atoms with Crippen molar-refractivity contribution in [2.45, 2.75) is 26.4 Å². The number of benzene rings is 2. The second-order valence-electron chi connectivity index (χ2n) is 6.92. The van der Waals surface area contributed by atoms with Crippen LogP contribution in [0.1, 0.15) is 18.2 Å². The quantitative estimate of drug-likeness (QED) is 0.497. The number of para-hydroxylation sites is 1. The smallest absolute Gasteiger partial charge is 0.0491 e. The first-order valence-corrected chi connectivity index (χ1v) is 9.34. The minimum absolute atomic E-state index is 0.953. The van der Waals surface area contributed by atoms with E-state index in [2.05, 4.69) is 83.0 Å². The van der Waals surface area contributed by atoms with E-state index in [1.165, 1.54) is 27.4 Å². The van der Waals surface area contributed by atoms with Gasteiger partial charge < -0.3 is 9.47 Å². The first-order chi connectivity index (χ1) is 12.8. The van der Waals surface area contributed by atoms with Crippen molar-refractivity contribution in [1.82, 2.24) is 14.5 Å². The van der Waals surface area contributed by atoms with Crippen molar-refractivity contribution in [3.05, 3.63) is 78.1 Å². The summed E-state index contributed by atoms with van der Waals surface area (Å²) in [5.41, 5.74) is 5.17. The SMILES string of the molecule is CCn1c2ccccc2c2cc(CN(C)CCc3ccccn3)ccc21. The maximum atomic E-state index is 4.42. The molecule has 2 heterocycles. The minimum atomic E-state index is 0.953. The van der Waals surface area contributed by atoms with Crippen LogP contribution in [0.4, 0.5) is 0 Å². The summed E-state index contributed by atoms with van der Waals surface area (Å²) in [6.07, 6.45) is 2.85. The Labute approximate surface area is 154 Å². The first kappa shape index (κ1) is 16.8. The molecular weight excluding hydrogens is 318 g/mol. The highest BCUT2D eigenvalue weighted by Gasteiger charge is 2.10. The van der Waals surface area contributed by atoms with E-state index < -0.39 is 0 Å². The van der Waals surface area contributed by atoms with Crippen LogP contribution in [0.25, 0.3) is 21.8 Å². The summed E-state index contributed by atoms with van der Waals surface area (Å²) in [5, 5.41) is 2.71. The second-order valence-corrected chi connectivity index (χ2v) is 6.92. The van der Waals surface area contributed by atoms with Gasteiger partial charge in [-0.3, -0.25) is 4.98 Å². The molecule has 0 unspecified atom stereocenters. The minimum Gasteiger partial charge on any atom is -0.341 e. The number of aromatic nitrogens is 2. The fraction of sp³-hybridized carbons (Fsp3) is 0.261. The summed E-state index contributed by atoms with van der Waals surface area (Å²) in [6.45, 7) is 5.17. The van der Waals surface area contributed by atoms with Gasteiger partial charge in [-0.05, 0) is 49.9 Å². The third kappa shape index (κ3) is 3.23. The van der Waals surface area contributed by atoms with Crippen LogP contribution in [0, 0.1) is 0 Å². The van der Waals surface area contributed by atoms with Gasteiger partial charge in [0.05, 0.1) is 0 Å². The molecule has 0 N–H and O–H groups in total. The normalized spacial score (nSPS) is 11.7. The molecule has 3 nitrogen and oxygen atoms in total. The molecule has 0 aliphatic heterocycles. The molecule has 0 aliphatic carbocycles. The van der Waals surface area contributed by atoms with E-state index in [-0.39, 0.29) is 0 Å². The summed E-state index contributed by atoms with van der Waals surface area (Å²) in [7, 11) is 2.18. The van der Waals surface area contributed by atoms with E-state index in [4.69, 9.17) is 0 Å². The Morgan fingerprint density at radius 1 is 0.923 bits per heavy atom. The van der Waals surface area contributed by atoms with E-state index in [0.717, 1.165) is 31.7 Å². The average molecular weight is 343 g/mol. The van der Waals surface area contributed by atoms with E-state index in [1.807, 2.05) is 12.3 Å². The molecule has 26 heavy (non-hydrogen) atoms. The number of aryl methyl sites for hydroxylation is 1. The molecule has 0 saturated carbocycles. The highest BCUT2D eigenvalue weighted by atomic mass is 15.1. The van der Waals surface area contributed by atoms with Crippen LogP contribution < -0.4 is 0 Å². The number of likely N-dealkylation sites (N-methyl/N-ethyl adjacent to an activating group) is 1. The van der Waals surface area contributed by atoms with Gasteiger partial charge in [0.1, 0.15) is 0 Å². The molecule has 0 radical (unpaired) electrons. The zero-order valence-corrected chi connectivity index (χ0v) is 15.5. The Bertz CT molecular complexity index is 1020. The fourth-order valence-electron chi connectivity index (χ4n) is 3.78. The highest BCUT2D eigenvalue weighted by Crippen LogP contribution is 2.29.